The monoisotopic (exact) mass is 279 g/mol. The number of carboxylic acid groups (broad SMARTS) is 1. The number of benzene rings is 1. The van der Waals surface area contributed by atoms with E-state index in [2.05, 4.69) is 5.32 Å². The highest BCUT2D eigenvalue weighted by Crippen LogP contribution is 2.18. The van der Waals surface area contributed by atoms with Gasteiger partial charge in [-0.3, -0.25) is 9.59 Å². The summed E-state index contributed by atoms with van der Waals surface area (Å²) in [7, 11) is 0. The van der Waals surface area contributed by atoms with Crippen molar-refractivity contribution < 1.29 is 24.2 Å². The van der Waals surface area contributed by atoms with Crippen LogP contribution in [0.5, 0.6) is 0 Å². The average molecular weight is 279 g/mol. The van der Waals surface area contributed by atoms with Gasteiger partial charge in [-0.05, 0) is 31.5 Å². The molecular weight excluding hydrogens is 262 g/mol. The fraction of sp³-hybridized carbons (Fsp3) is 0.357. The average Bonchev–Trinajstić information content (AvgIpc) is 2.36. The first-order chi connectivity index (χ1) is 9.43. The smallest absolute Gasteiger partial charge is 0.337 e. The van der Waals surface area contributed by atoms with Gasteiger partial charge in [-0.1, -0.05) is 6.07 Å². The molecule has 2 N–H and O–H groups in total. The molecule has 0 saturated carbocycles. The van der Waals surface area contributed by atoms with E-state index < -0.39 is 17.8 Å². The molecule has 0 bridgehead atoms. The Morgan fingerprint density at radius 1 is 1.25 bits per heavy atom. The summed E-state index contributed by atoms with van der Waals surface area (Å²) >= 11 is 0. The number of carbonyl (C=O) groups excluding carboxylic acids is 2. The second kappa shape index (κ2) is 7.28. The predicted octanol–water partition coefficient (Wildman–Crippen LogP) is 1.98. The summed E-state index contributed by atoms with van der Waals surface area (Å²) in [5, 5.41) is 11.5. The van der Waals surface area contributed by atoms with Crippen LogP contribution in [0.2, 0.25) is 0 Å². The molecule has 1 rings (SSSR count). The van der Waals surface area contributed by atoms with Crippen molar-refractivity contribution in [2.45, 2.75) is 26.7 Å². The molecule has 6 nitrogen and oxygen atoms in total. The molecule has 0 saturated heterocycles. The van der Waals surface area contributed by atoms with E-state index in [9.17, 15) is 14.4 Å². The van der Waals surface area contributed by atoms with Gasteiger partial charge < -0.3 is 15.2 Å². The Bertz CT molecular complexity index is 524. The summed E-state index contributed by atoms with van der Waals surface area (Å²) in [5.74, 6) is -2.00. The number of aromatic carboxylic acids is 1. The van der Waals surface area contributed by atoms with Crippen molar-refractivity contribution in [3.8, 4) is 0 Å². The molecule has 1 amide bonds. The van der Waals surface area contributed by atoms with Crippen LogP contribution in [0.3, 0.4) is 0 Å². The Hall–Kier alpha value is -2.37. The molecule has 0 aliphatic carbocycles. The molecule has 0 unspecified atom stereocenters. The first-order valence-corrected chi connectivity index (χ1v) is 6.23. The van der Waals surface area contributed by atoms with Gasteiger partial charge in [0, 0.05) is 6.42 Å². The van der Waals surface area contributed by atoms with E-state index >= 15 is 0 Å². The molecule has 0 atom stereocenters. The number of amides is 1. The molecule has 0 heterocycles. The van der Waals surface area contributed by atoms with E-state index in [1.165, 1.54) is 6.07 Å². The van der Waals surface area contributed by atoms with Crippen molar-refractivity contribution in [2.24, 2.45) is 0 Å². The number of anilines is 1. The van der Waals surface area contributed by atoms with Crippen LogP contribution in [0.4, 0.5) is 5.69 Å². The first-order valence-electron chi connectivity index (χ1n) is 6.23. The lowest BCUT2D eigenvalue weighted by Crippen LogP contribution is -2.16. The highest BCUT2D eigenvalue weighted by Gasteiger charge is 2.13. The third-order valence-electron chi connectivity index (χ3n) is 2.54. The summed E-state index contributed by atoms with van der Waals surface area (Å²) in [5.41, 5.74) is 1.07. The molecule has 0 fully saturated rings. The van der Waals surface area contributed by atoms with Crippen LogP contribution >= 0.6 is 0 Å². The van der Waals surface area contributed by atoms with Gasteiger partial charge in [-0.2, -0.15) is 0 Å². The van der Waals surface area contributed by atoms with Gasteiger partial charge in [-0.25, -0.2) is 4.79 Å². The lowest BCUT2D eigenvalue weighted by atomic mass is 10.1. The minimum Gasteiger partial charge on any atom is -0.478 e. The molecule has 0 aromatic heterocycles. The zero-order valence-corrected chi connectivity index (χ0v) is 11.4. The summed E-state index contributed by atoms with van der Waals surface area (Å²) in [4.78, 5) is 33.9. The maximum atomic E-state index is 11.7. The number of esters is 1. The van der Waals surface area contributed by atoms with E-state index in [4.69, 9.17) is 9.84 Å². The van der Waals surface area contributed by atoms with Gasteiger partial charge in [-0.15, -0.1) is 0 Å². The van der Waals surface area contributed by atoms with Crippen LogP contribution < -0.4 is 5.32 Å². The minimum atomic E-state index is -1.12. The number of carboxylic acids is 1. The fourth-order valence-corrected chi connectivity index (χ4v) is 1.61. The summed E-state index contributed by atoms with van der Waals surface area (Å²) in [6.07, 6.45) is -0.0836. The predicted molar refractivity (Wildman–Crippen MR) is 72.6 cm³/mol. The summed E-state index contributed by atoms with van der Waals surface area (Å²) in [6.45, 7) is 3.74. The van der Waals surface area contributed by atoms with Crippen LogP contribution in [0, 0.1) is 6.92 Å². The Labute approximate surface area is 116 Å². The number of carbonyl (C=O) groups is 3. The number of hydrogen-bond acceptors (Lipinski definition) is 4. The molecule has 6 heteroatoms. The maximum Gasteiger partial charge on any atom is 0.337 e. The van der Waals surface area contributed by atoms with Crippen LogP contribution in [0.25, 0.3) is 0 Å². The van der Waals surface area contributed by atoms with Gasteiger partial charge in [0.15, 0.2) is 0 Å². The first kappa shape index (κ1) is 15.7. The van der Waals surface area contributed by atoms with Gasteiger partial charge >= 0.3 is 11.9 Å². The third-order valence-corrected chi connectivity index (χ3v) is 2.54. The summed E-state index contributed by atoms with van der Waals surface area (Å²) in [6, 6.07) is 4.65. The van der Waals surface area contributed by atoms with Gasteiger partial charge in [0.2, 0.25) is 5.91 Å². The Balaban J connectivity index is 2.68. The van der Waals surface area contributed by atoms with Crippen LogP contribution in [-0.2, 0) is 14.3 Å². The zero-order valence-electron chi connectivity index (χ0n) is 11.4. The highest BCUT2D eigenvalue weighted by molar-refractivity contribution is 6.01. The van der Waals surface area contributed by atoms with Gasteiger partial charge in [0.1, 0.15) is 0 Å². The highest BCUT2D eigenvalue weighted by atomic mass is 16.5. The third kappa shape index (κ3) is 4.72. The topological polar surface area (TPSA) is 92.7 Å². The van der Waals surface area contributed by atoms with E-state index in [0.29, 0.717) is 0 Å². The molecule has 1 aromatic rings. The molecule has 20 heavy (non-hydrogen) atoms. The van der Waals surface area contributed by atoms with Crippen molar-refractivity contribution in [1.29, 1.82) is 0 Å². The maximum absolute atomic E-state index is 11.7. The molecule has 0 radical (unpaired) electrons. The number of nitrogens with one attached hydrogen (secondary N) is 1. The van der Waals surface area contributed by atoms with E-state index in [1.54, 1.807) is 26.0 Å². The number of hydrogen-bond donors (Lipinski definition) is 2. The van der Waals surface area contributed by atoms with Gasteiger partial charge in [0.05, 0.1) is 24.3 Å². The standard InChI is InChI=1S/C14H17NO5/c1-3-20-13(17)7-6-12(16)15-11-8-9(2)4-5-10(11)14(18)19/h4-5,8H,3,6-7H2,1-2H3,(H,15,16)(H,18,19). The van der Waals surface area contributed by atoms with Crippen molar-refractivity contribution >= 4 is 23.5 Å². The van der Waals surface area contributed by atoms with Crippen LogP contribution in [0.15, 0.2) is 18.2 Å². The number of ether oxygens (including phenoxy) is 1. The Kier molecular flexibility index (Phi) is 5.71. The van der Waals surface area contributed by atoms with Crippen molar-refractivity contribution in [1.82, 2.24) is 0 Å². The lowest BCUT2D eigenvalue weighted by molar-refractivity contribution is -0.144. The molecule has 108 valence electrons. The SMILES string of the molecule is CCOC(=O)CCC(=O)Nc1cc(C)ccc1C(=O)O. The largest absolute Gasteiger partial charge is 0.478 e. The van der Waals surface area contributed by atoms with Crippen molar-refractivity contribution in [3.63, 3.8) is 0 Å². The quantitative estimate of drug-likeness (QED) is 0.777. The Morgan fingerprint density at radius 2 is 1.95 bits per heavy atom. The molecule has 0 spiro atoms. The molecular formula is C14H17NO5. The van der Waals surface area contributed by atoms with Crippen molar-refractivity contribution in [2.75, 3.05) is 11.9 Å². The van der Waals surface area contributed by atoms with E-state index in [1.807, 2.05) is 0 Å². The minimum absolute atomic E-state index is 0.0140. The normalized spacial score (nSPS) is 9.90. The fourth-order valence-electron chi connectivity index (χ4n) is 1.61. The number of aryl methyl sites for hydroxylation is 1. The second-order valence-electron chi connectivity index (χ2n) is 4.21. The van der Waals surface area contributed by atoms with Crippen LogP contribution in [0.1, 0.15) is 35.7 Å². The van der Waals surface area contributed by atoms with E-state index in [-0.39, 0.29) is 30.7 Å². The van der Waals surface area contributed by atoms with E-state index in [0.717, 1.165) is 5.56 Å². The second-order valence-corrected chi connectivity index (χ2v) is 4.21. The summed E-state index contributed by atoms with van der Waals surface area (Å²) < 4.78 is 4.71. The molecule has 1 aromatic carbocycles. The zero-order chi connectivity index (χ0) is 15.1. The number of rotatable bonds is 6. The van der Waals surface area contributed by atoms with Gasteiger partial charge in [0.25, 0.3) is 0 Å². The van der Waals surface area contributed by atoms with Crippen molar-refractivity contribution in [3.05, 3.63) is 29.3 Å². The van der Waals surface area contributed by atoms with Crippen LogP contribution in [-0.4, -0.2) is 29.6 Å². The lowest BCUT2D eigenvalue weighted by Gasteiger charge is -2.09. The molecule has 0 aliphatic heterocycles. The Morgan fingerprint density at radius 3 is 2.55 bits per heavy atom. The molecule has 0 aliphatic rings.